The fourth-order valence-corrected chi connectivity index (χ4v) is 1.47. The molecule has 0 heterocycles. The van der Waals surface area contributed by atoms with E-state index in [9.17, 15) is 4.79 Å². The molecule has 0 fully saturated rings. The third-order valence-corrected chi connectivity index (χ3v) is 2.09. The maximum Gasteiger partial charge on any atom is 0.162 e. The molecule has 0 bridgehead atoms. The van der Waals surface area contributed by atoms with Crippen LogP contribution >= 0.6 is 0 Å². The van der Waals surface area contributed by atoms with Crippen molar-refractivity contribution in [1.82, 2.24) is 0 Å². The van der Waals surface area contributed by atoms with Crippen LogP contribution in [0.2, 0.25) is 0 Å². The largest absolute Gasteiger partial charge is 0.392 e. The number of hydrogen-bond donors (Lipinski definition) is 1. The highest BCUT2D eigenvalue weighted by Crippen LogP contribution is 2.22. The molecule has 0 aromatic heterocycles. The zero-order valence-corrected chi connectivity index (χ0v) is 7.34. The number of hydrogen-bond acceptors (Lipinski definition) is 2. The lowest BCUT2D eigenvalue weighted by Crippen LogP contribution is -2.12. The topological polar surface area (TPSA) is 37.3 Å². The first-order valence-electron chi connectivity index (χ1n) is 4.28. The van der Waals surface area contributed by atoms with Gasteiger partial charge in [0.25, 0.3) is 0 Å². The molecule has 0 aromatic rings. The summed E-state index contributed by atoms with van der Waals surface area (Å²) in [5.74, 6) is 0.170. The molecule has 0 aliphatic heterocycles. The molecule has 1 rings (SSSR count). The second-order valence-electron chi connectivity index (χ2n) is 2.95. The summed E-state index contributed by atoms with van der Waals surface area (Å²) in [6.45, 7) is 1.90. The Morgan fingerprint density at radius 3 is 2.83 bits per heavy atom. The van der Waals surface area contributed by atoms with Crippen molar-refractivity contribution >= 4 is 5.78 Å². The van der Waals surface area contributed by atoms with Crippen LogP contribution in [0.3, 0.4) is 0 Å². The van der Waals surface area contributed by atoms with Gasteiger partial charge in [-0.15, -0.1) is 0 Å². The molecule has 0 atom stereocenters. The number of aliphatic hydroxyl groups excluding tert-OH is 1. The van der Waals surface area contributed by atoms with Crippen LogP contribution in [0, 0.1) is 0 Å². The van der Waals surface area contributed by atoms with Gasteiger partial charge in [-0.25, -0.2) is 0 Å². The third-order valence-electron chi connectivity index (χ3n) is 2.09. The second-order valence-corrected chi connectivity index (χ2v) is 2.95. The van der Waals surface area contributed by atoms with Gasteiger partial charge in [-0.3, -0.25) is 4.79 Å². The number of allylic oxidation sites excluding steroid dienone is 3. The maximum absolute atomic E-state index is 11.3. The van der Waals surface area contributed by atoms with Crippen molar-refractivity contribution in [3.63, 3.8) is 0 Å². The normalized spacial score (nSPS) is 19.3. The molecule has 0 spiro atoms. The van der Waals surface area contributed by atoms with Gasteiger partial charge in [0.05, 0.1) is 6.61 Å². The van der Waals surface area contributed by atoms with Gasteiger partial charge in [-0.05, 0) is 25.3 Å². The molecule has 0 aromatic carbocycles. The Balaban J connectivity index is 2.95. The predicted octanol–water partition coefficient (Wildman–Crippen LogP) is 1.60. The number of ketones is 1. The minimum atomic E-state index is 0.0193. The van der Waals surface area contributed by atoms with E-state index in [0.29, 0.717) is 6.42 Å². The molecule has 0 amide bonds. The molecule has 12 heavy (non-hydrogen) atoms. The van der Waals surface area contributed by atoms with E-state index in [-0.39, 0.29) is 12.4 Å². The summed E-state index contributed by atoms with van der Waals surface area (Å²) >= 11 is 0. The first-order valence-corrected chi connectivity index (χ1v) is 4.28. The van der Waals surface area contributed by atoms with E-state index in [4.69, 9.17) is 5.11 Å². The van der Waals surface area contributed by atoms with Crippen LogP contribution in [0.1, 0.15) is 26.2 Å². The Morgan fingerprint density at radius 1 is 1.50 bits per heavy atom. The standard InChI is InChI=1S/C10H14O2/c1-2-4-9-8(7-11)5-3-6-10(9)12/h2,4,11H,3,5-7H2,1H3/b4-2+. The van der Waals surface area contributed by atoms with E-state index in [1.807, 2.05) is 13.0 Å². The number of rotatable bonds is 2. The predicted molar refractivity (Wildman–Crippen MR) is 47.8 cm³/mol. The lowest BCUT2D eigenvalue weighted by Gasteiger charge is -2.14. The molecule has 1 aliphatic carbocycles. The summed E-state index contributed by atoms with van der Waals surface area (Å²) in [6.07, 6.45) is 6.02. The van der Waals surface area contributed by atoms with Gasteiger partial charge in [0.1, 0.15) is 0 Å². The summed E-state index contributed by atoms with van der Waals surface area (Å²) in [6, 6.07) is 0. The summed E-state index contributed by atoms with van der Waals surface area (Å²) in [4.78, 5) is 11.3. The summed E-state index contributed by atoms with van der Waals surface area (Å²) in [5, 5.41) is 8.96. The zero-order chi connectivity index (χ0) is 8.97. The van der Waals surface area contributed by atoms with Gasteiger partial charge >= 0.3 is 0 Å². The van der Waals surface area contributed by atoms with Crippen molar-refractivity contribution in [2.45, 2.75) is 26.2 Å². The van der Waals surface area contributed by atoms with E-state index in [0.717, 1.165) is 24.0 Å². The smallest absolute Gasteiger partial charge is 0.162 e. The van der Waals surface area contributed by atoms with Crippen LogP contribution in [0.5, 0.6) is 0 Å². The van der Waals surface area contributed by atoms with Crippen LogP contribution in [0.25, 0.3) is 0 Å². The van der Waals surface area contributed by atoms with Gasteiger partial charge < -0.3 is 5.11 Å². The van der Waals surface area contributed by atoms with E-state index in [2.05, 4.69) is 0 Å². The molecule has 1 aliphatic rings. The summed E-state index contributed by atoms with van der Waals surface area (Å²) < 4.78 is 0. The average Bonchev–Trinajstić information content (AvgIpc) is 2.09. The first kappa shape index (κ1) is 9.20. The van der Waals surface area contributed by atoms with Crippen LogP contribution < -0.4 is 0 Å². The van der Waals surface area contributed by atoms with Gasteiger partial charge in [0, 0.05) is 12.0 Å². The fourth-order valence-electron chi connectivity index (χ4n) is 1.47. The van der Waals surface area contributed by atoms with Crippen LogP contribution in [0.4, 0.5) is 0 Å². The number of aliphatic hydroxyl groups is 1. The zero-order valence-electron chi connectivity index (χ0n) is 7.34. The van der Waals surface area contributed by atoms with E-state index >= 15 is 0 Å². The molecular weight excluding hydrogens is 152 g/mol. The van der Waals surface area contributed by atoms with E-state index < -0.39 is 0 Å². The minimum Gasteiger partial charge on any atom is -0.392 e. The molecule has 0 radical (unpaired) electrons. The molecule has 0 saturated carbocycles. The Morgan fingerprint density at radius 2 is 2.25 bits per heavy atom. The lowest BCUT2D eigenvalue weighted by molar-refractivity contribution is -0.115. The Kier molecular flexibility index (Phi) is 3.23. The number of carbonyl (C=O) groups excluding carboxylic acids is 1. The molecular formula is C10H14O2. The Bertz CT molecular complexity index is 236. The second kappa shape index (κ2) is 4.21. The van der Waals surface area contributed by atoms with E-state index in [1.54, 1.807) is 6.08 Å². The van der Waals surface area contributed by atoms with Crippen molar-refractivity contribution in [3.05, 3.63) is 23.3 Å². The van der Waals surface area contributed by atoms with E-state index in [1.165, 1.54) is 0 Å². The van der Waals surface area contributed by atoms with Crippen LogP contribution in [-0.4, -0.2) is 17.5 Å². The monoisotopic (exact) mass is 166 g/mol. The Labute approximate surface area is 72.6 Å². The van der Waals surface area contributed by atoms with Gasteiger partial charge in [0.2, 0.25) is 0 Å². The van der Waals surface area contributed by atoms with Crippen molar-refractivity contribution in [3.8, 4) is 0 Å². The summed E-state index contributed by atoms with van der Waals surface area (Å²) in [7, 11) is 0. The molecule has 66 valence electrons. The highest BCUT2D eigenvalue weighted by molar-refractivity contribution is 5.99. The van der Waals surface area contributed by atoms with Crippen molar-refractivity contribution in [2.24, 2.45) is 0 Å². The van der Waals surface area contributed by atoms with Crippen molar-refractivity contribution < 1.29 is 9.90 Å². The SMILES string of the molecule is C/C=C/C1=C(CO)CCCC1=O. The van der Waals surface area contributed by atoms with Crippen LogP contribution in [-0.2, 0) is 4.79 Å². The average molecular weight is 166 g/mol. The number of Topliss-reactive ketones (excluding diaryl/α,β-unsaturated/α-hetero) is 1. The molecule has 0 unspecified atom stereocenters. The first-order chi connectivity index (χ1) is 5.79. The highest BCUT2D eigenvalue weighted by atomic mass is 16.3. The Hall–Kier alpha value is -0.890. The van der Waals surface area contributed by atoms with Crippen molar-refractivity contribution in [1.29, 1.82) is 0 Å². The summed E-state index contributed by atoms with van der Waals surface area (Å²) in [5.41, 5.74) is 1.62. The molecule has 0 saturated heterocycles. The minimum absolute atomic E-state index is 0.0193. The quantitative estimate of drug-likeness (QED) is 0.676. The lowest BCUT2D eigenvalue weighted by atomic mass is 9.91. The maximum atomic E-state index is 11.3. The highest BCUT2D eigenvalue weighted by Gasteiger charge is 2.16. The number of carbonyl (C=O) groups is 1. The van der Waals surface area contributed by atoms with Crippen molar-refractivity contribution in [2.75, 3.05) is 6.61 Å². The van der Waals surface area contributed by atoms with Crippen LogP contribution in [0.15, 0.2) is 23.3 Å². The molecule has 2 heteroatoms. The van der Waals surface area contributed by atoms with Gasteiger partial charge in [-0.1, -0.05) is 12.2 Å². The molecule has 2 nitrogen and oxygen atoms in total. The third kappa shape index (κ3) is 1.83. The van der Waals surface area contributed by atoms with Gasteiger partial charge in [-0.2, -0.15) is 0 Å². The molecule has 1 N–H and O–H groups in total. The van der Waals surface area contributed by atoms with Gasteiger partial charge in [0.15, 0.2) is 5.78 Å². The fraction of sp³-hybridized carbons (Fsp3) is 0.500.